The van der Waals surface area contributed by atoms with Crippen LogP contribution in [-0.4, -0.2) is 36.1 Å². The Bertz CT molecular complexity index is 442. The molecule has 1 amide bonds. The highest BCUT2D eigenvalue weighted by molar-refractivity contribution is 5.88. The first-order chi connectivity index (χ1) is 9.54. The van der Waals surface area contributed by atoms with Crippen LogP contribution in [0.3, 0.4) is 0 Å². The molecule has 0 unspecified atom stereocenters. The fourth-order valence-electron chi connectivity index (χ4n) is 5.76. The molecule has 0 spiro atoms. The summed E-state index contributed by atoms with van der Waals surface area (Å²) in [6.07, 6.45) is 8.33. The second-order valence-corrected chi connectivity index (χ2v) is 8.01. The van der Waals surface area contributed by atoms with Crippen molar-refractivity contribution in [1.82, 2.24) is 4.90 Å². The Hall–Kier alpha value is -0.570. The summed E-state index contributed by atoms with van der Waals surface area (Å²) in [4.78, 5) is 15.4. The zero-order valence-corrected chi connectivity index (χ0v) is 12.9. The van der Waals surface area contributed by atoms with Gasteiger partial charge in [0, 0.05) is 23.9 Å². The number of carbonyl (C=O) groups is 1. The smallest absolute Gasteiger partial charge is 0.255 e. The van der Waals surface area contributed by atoms with Gasteiger partial charge in [0.2, 0.25) is 0 Å². The fraction of sp³-hybridized carbons (Fsp3) is 0.941. The normalized spacial score (nSPS) is 50.5. The van der Waals surface area contributed by atoms with E-state index in [1.54, 1.807) is 0 Å². The summed E-state index contributed by atoms with van der Waals surface area (Å²) in [6, 6.07) is 0. The van der Waals surface area contributed by atoms with E-state index < -0.39 is 5.60 Å². The topological polar surface area (TPSA) is 29.5 Å². The number of likely N-dealkylation sites (tertiary alicyclic amines) is 1. The molecule has 4 atom stereocenters. The zero-order chi connectivity index (χ0) is 14.0. The molecule has 4 rings (SSSR count). The van der Waals surface area contributed by atoms with Crippen molar-refractivity contribution in [2.45, 2.75) is 64.4 Å². The Morgan fingerprint density at radius 2 is 1.85 bits per heavy atom. The molecular formula is C17H27NO2. The average Bonchev–Trinajstić information content (AvgIpc) is 2.79. The molecule has 4 fully saturated rings. The van der Waals surface area contributed by atoms with Crippen LogP contribution in [0.1, 0.15) is 58.8 Å². The molecule has 0 aromatic carbocycles. The van der Waals surface area contributed by atoms with Gasteiger partial charge >= 0.3 is 0 Å². The van der Waals surface area contributed by atoms with Crippen LogP contribution in [0.4, 0.5) is 0 Å². The van der Waals surface area contributed by atoms with Crippen LogP contribution in [-0.2, 0) is 9.53 Å². The Morgan fingerprint density at radius 3 is 2.45 bits per heavy atom. The van der Waals surface area contributed by atoms with Gasteiger partial charge in [-0.05, 0) is 38.0 Å². The highest BCUT2D eigenvalue weighted by Crippen LogP contribution is 2.75. The van der Waals surface area contributed by atoms with Gasteiger partial charge in [-0.3, -0.25) is 4.79 Å². The highest BCUT2D eigenvalue weighted by Gasteiger charge is 2.78. The van der Waals surface area contributed by atoms with E-state index in [1.807, 2.05) is 0 Å². The first-order valence-electron chi connectivity index (χ1n) is 8.47. The van der Waals surface area contributed by atoms with Gasteiger partial charge in [-0.2, -0.15) is 0 Å². The number of hydrogen-bond donors (Lipinski definition) is 0. The first-order valence-corrected chi connectivity index (χ1v) is 8.47. The molecule has 4 bridgehead atoms. The van der Waals surface area contributed by atoms with Gasteiger partial charge in [0.15, 0.2) is 5.60 Å². The standard InChI is InChI=1S/C17H27NO2/c1-15-12-20-17(11-13(15)7-8-16(15,17)2)14(19)18-9-5-3-4-6-10-18/h13H,3-12H2,1-2H3/t13-,15+,16+,17-/m1/s1. The quantitative estimate of drug-likeness (QED) is 0.737. The Morgan fingerprint density at radius 1 is 1.15 bits per heavy atom. The zero-order valence-electron chi connectivity index (χ0n) is 12.9. The van der Waals surface area contributed by atoms with Crippen LogP contribution in [0.25, 0.3) is 0 Å². The monoisotopic (exact) mass is 277 g/mol. The third kappa shape index (κ3) is 1.29. The largest absolute Gasteiger partial charge is 0.364 e. The summed E-state index contributed by atoms with van der Waals surface area (Å²) in [5.41, 5.74) is -0.155. The van der Waals surface area contributed by atoms with E-state index in [2.05, 4.69) is 18.7 Å². The lowest BCUT2D eigenvalue weighted by molar-refractivity contribution is -0.167. The number of carbonyl (C=O) groups excluding carboxylic acids is 1. The van der Waals surface area contributed by atoms with Gasteiger partial charge in [-0.1, -0.05) is 26.7 Å². The minimum atomic E-state index is -0.477. The third-order valence-corrected chi connectivity index (χ3v) is 7.44. The number of ether oxygens (including phenoxy) is 1. The SMILES string of the molecule is C[C@@]12CC[C@@H]3C[C@]1(C(=O)N1CCCCCC1)OC[C@@]32C. The number of nitrogens with zero attached hydrogens (tertiary/aromatic N) is 1. The van der Waals surface area contributed by atoms with Crippen molar-refractivity contribution in [2.24, 2.45) is 16.7 Å². The Kier molecular flexibility index (Phi) is 2.62. The van der Waals surface area contributed by atoms with Gasteiger partial charge in [-0.25, -0.2) is 0 Å². The van der Waals surface area contributed by atoms with Crippen molar-refractivity contribution in [3.8, 4) is 0 Å². The molecule has 0 N–H and O–H groups in total. The lowest BCUT2D eigenvalue weighted by atomic mass is 9.66. The molecule has 3 nitrogen and oxygen atoms in total. The molecule has 0 aromatic heterocycles. The first kappa shape index (κ1) is 13.1. The van der Waals surface area contributed by atoms with Gasteiger partial charge < -0.3 is 9.64 Å². The minimum Gasteiger partial charge on any atom is -0.364 e. The third-order valence-electron chi connectivity index (χ3n) is 7.44. The molecule has 2 saturated heterocycles. The van der Waals surface area contributed by atoms with Crippen molar-refractivity contribution in [1.29, 1.82) is 0 Å². The minimum absolute atomic E-state index is 0.0774. The van der Waals surface area contributed by atoms with Crippen LogP contribution >= 0.6 is 0 Å². The summed E-state index contributed by atoms with van der Waals surface area (Å²) in [5.74, 6) is 1.03. The maximum Gasteiger partial charge on any atom is 0.255 e. The fourth-order valence-corrected chi connectivity index (χ4v) is 5.76. The van der Waals surface area contributed by atoms with Crippen LogP contribution in [0.15, 0.2) is 0 Å². The van der Waals surface area contributed by atoms with Crippen LogP contribution in [0.2, 0.25) is 0 Å². The van der Waals surface area contributed by atoms with Gasteiger partial charge in [0.25, 0.3) is 5.91 Å². The van der Waals surface area contributed by atoms with E-state index in [-0.39, 0.29) is 10.8 Å². The summed E-state index contributed by atoms with van der Waals surface area (Å²) < 4.78 is 6.24. The van der Waals surface area contributed by atoms with E-state index in [9.17, 15) is 4.79 Å². The number of amides is 1. The molecule has 2 aliphatic heterocycles. The summed E-state index contributed by atoms with van der Waals surface area (Å²) in [5, 5.41) is 0. The molecule has 0 aromatic rings. The summed E-state index contributed by atoms with van der Waals surface area (Å²) in [6.45, 7) is 7.40. The van der Waals surface area contributed by atoms with Crippen LogP contribution in [0, 0.1) is 16.7 Å². The van der Waals surface area contributed by atoms with E-state index >= 15 is 0 Å². The van der Waals surface area contributed by atoms with Crippen molar-refractivity contribution in [3.63, 3.8) is 0 Å². The molecular weight excluding hydrogens is 250 g/mol. The van der Waals surface area contributed by atoms with Gasteiger partial charge in [0.05, 0.1) is 6.61 Å². The molecule has 2 aliphatic carbocycles. The summed E-state index contributed by atoms with van der Waals surface area (Å²) >= 11 is 0. The Labute approximate surface area is 122 Å². The van der Waals surface area contributed by atoms with Crippen molar-refractivity contribution < 1.29 is 9.53 Å². The van der Waals surface area contributed by atoms with Crippen molar-refractivity contribution in [3.05, 3.63) is 0 Å². The number of rotatable bonds is 1. The second-order valence-electron chi connectivity index (χ2n) is 8.01. The lowest BCUT2D eigenvalue weighted by Gasteiger charge is -2.42. The maximum absolute atomic E-state index is 13.3. The van der Waals surface area contributed by atoms with E-state index in [0.29, 0.717) is 11.8 Å². The molecule has 0 radical (unpaired) electrons. The molecule has 20 heavy (non-hydrogen) atoms. The Balaban J connectivity index is 1.66. The van der Waals surface area contributed by atoms with Crippen molar-refractivity contribution >= 4 is 5.91 Å². The molecule has 2 saturated carbocycles. The van der Waals surface area contributed by atoms with Crippen LogP contribution in [0.5, 0.6) is 0 Å². The van der Waals surface area contributed by atoms with Crippen LogP contribution < -0.4 is 0 Å². The predicted molar refractivity (Wildman–Crippen MR) is 77.3 cm³/mol. The highest BCUT2D eigenvalue weighted by atomic mass is 16.5. The maximum atomic E-state index is 13.3. The summed E-state index contributed by atoms with van der Waals surface area (Å²) in [7, 11) is 0. The van der Waals surface area contributed by atoms with E-state index in [0.717, 1.165) is 26.1 Å². The van der Waals surface area contributed by atoms with E-state index in [1.165, 1.54) is 38.5 Å². The van der Waals surface area contributed by atoms with E-state index in [4.69, 9.17) is 4.74 Å². The molecule has 4 aliphatic rings. The average molecular weight is 277 g/mol. The van der Waals surface area contributed by atoms with Crippen molar-refractivity contribution in [2.75, 3.05) is 19.7 Å². The lowest BCUT2D eigenvalue weighted by Crippen LogP contribution is -2.56. The molecule has 2 heterocycles. The van der Waals surface area contributed by atoms with Gasteiger partial charge in [0.1, 0.15) is 0 Å². The predicted octanol–water partition coefficient (Wildman–Crippen LogP) is 2.98. The number of hydrogen-bond acceptors (Lipinski definition) is 2. The second kappa shape index (κ2) is 4.00. The van der Waals surface area contributed by atoms with Gasteiger partial charge in [-0.15, -0.1) is 0 Å². The molecule has 112 valence electrons. The molecule has 3 heteroatoms.